The first-order valence-corrected chi connectivity index (χ1v) is 10.2. The van der Waals surface area contributed by atoms with Crippen molar-refractivity contribution in [1.82, 2.24) is 9.97 Å². The van der Waals surface area contributed by atoms with E-state index in [9.17, 15) is 10.1 Å². The molecule has 27 heavy (non-hydrogen) atoms. The van der Waals surface area contributed by atoms with E-state index in [0.29, 0.717) is 22.9 Å². The number of hydrogen-bond donors (Lipinski definition) is 3. The van der Waals surface area contributed by atoms with Crippen LogP contribution in [-0.4, -0.2) is 21.9 Å². The van der Waals surface area contributed by atoms with Crippen molar-refractivity contribution >= 4 is 39.6 Å². The molecular formula is C19H22N6OS. The summed E-state index contributed by atoms with van der Waals surface area (Å²) in [5.41, 5.74) is 2.41. The molecule has 2 unspecified atom stereocenters. The van der Waals surface area contributed by atoms with Crippen LogP contribution in [0, 0.1) is 17.2 Å². The van der Waals surface area contributed by atoms with Crippen molar-refractivity contribution in [2.75, 3.05) is 16.0 Å². The van der Waals surface area contributed by atoms with Crippen LogP contribution >= 0.6 is 11.3 Å². The largest absolute Gasteiger partial charge is 0.356 e. The fourth-order valence-corrected chi connectivity index (χ4v) is 4.88. The first-order chi connectivity index (χ1) is 13.1. The van der Waals surface area contributed by atoms with Gasteiger partial charge in [-0.3, -0.25) is 4.79 Å². The van der Waals surface area contributed by atoms with Gasteiger partial charge >= 0.3 is 0 Å². The highest BCUT2D eigenvalue weighted by Gasteiger charge is 2.32. The number of amides is 1. The molecule has 0 spiro atoms. The lowest BCUT2D eigenvalue weighted by Gasteiger charge is -2.30. The zero-order valence-electron chi connectivity index (χ0n) is 15.4. The van der Waals surface area contributed by atoms with E-state index in [2.05, 4.69) is 38.9 Å². The summed E-state index contributed by atoms with van der Waals surface area (Å²) in [6.45, 7) is 4.10. The highest BCUT2D eigenvalue weighted by Crippen LogP contribution is 2.41. The number of hydrogen-bond acceptors (Lipinski definition) is 7. The van der Waals surface area contributed by atoms with Gasteiger partial charge in [-0.15, -0.1) is 11.3 Å². The summed E-state index contributed by atoms with van der Waals surface area (Å²) in [5.74, 6) is 1.23. The van der Waals surface area contributed by atoms with E-state index >= 15 is 0 Å². The zero-order chi connectivity index (χ0) is 19.0. The minimum Gasteiger partial charge on any atom is -0.356 e. The fraction of sp³-hybridized carbons (Fsp3) is 0.474. The molecule has 140 valence electrons. The highest BCUT2D eigenvalue weighted by molar-refractivity contribution is 7.16. The normalized spacial score (nSPS) is 19.1. The summed E-state index contributed by atoms with van der Waals surface area (Å²) in [6, 6.07) is 2.03. The van der Waals surface area contributed by atoms with Gasteiger partial charge in [0.2, 0.25) is 5.91 Å². The van der Waals surface area contributed by atoms with Crippen LogP contribution in [0.15, 0.2) is 6.33 Å². The van der Waals surface area contributed by atoms with E-state index in [4.69, 9.17) is 0 Å². The van der Waals surface area contributed by atoms with Gasteiger partial charge < -0.3 is 16.0 Å². The van der Waals surface area contributed by atoms with Crippen LogP contribution in [0.3, 0.4) is 0 Å². The van der Waals surface area contributed by atoms with Gasteiger partial charge in [-0.1, -0.05) is 20.3 Å². The number of nitrogens with zero attached hydrogens (tertiary/aromatic N) is 3. The number of carbonyl (C=O) groups excluding carboxylic acids is 1. The van der Waals surface area contributed by atoms with Crippen molar-refractivity contribution in [1.29, 1.82) is 5.26 Å². The van der Waals surface area contributed by atoms with E-state index in [1.807, 2.05) is 6.92 Å². The first-order valence-electron chi connectivity index (χ1n) is 9.36. The molecule has 0 saturated heterocycles. The molecule has 0 fully saturated rings. The molecule has 0 saturated carbocycles. The summed E-state index contributed by atoms with van der Waals surface area (Å²) in [6.07, 6.45) is 6.62. The Labute approximate surface area is 162 Å². The smallest absolute Gasteiger partial charge is 0.247 e. The Kier molecular flexibility index (Phi) is 4.70. The monoisotopic (exact) mass is 382 g/mol. The van der Waals surface area contributed by atoms with Gasteiger partial charge in [0.15, 0.2) is 11.6 Å². The maximum absolute atomic E-state index is 12.5. The Morgan fingerprint density at radius 1 is 1.41 bits per heavy atom. The molecule has 0 radical (unpaired) electrons. The molecule has 3 N–H and O–H groups in total. The number of nitrogens with one attached hydrogen (secondary N) is 3. The van der Waals surface area contributed by atoms with Gasteiger partial charge in [-0.05, 0) is 37.2 Å². The molecule has 1 aliphatic carbocycles. The number of nitriles is 1. The van der Waals surface area contributed by atoms with Crippen LogP contribution in [-0.2, 0) is 17.6 Å². The summed E-state index contributed by atoms with van der Waals surface area (Å²) >= 11 is 1.61. The average Bonchev–Trinajstić information content (AvgIpc) is 3.04. The Morgan fingerprint density at radius 2 is 2.22 bits per heavy atom. The number of anilines is 4. The fourth-order valence-electron chi connectivity index (χ4n) is 3.64. The second-order valence-electron chi connectivity index (χ2n) is 7.09. The molecule has 2 atom stereocenters. The summed E-state index contributed by atoms with van der Waals surface area (Å²) < 4.78 is 0. The predicted molar refractivity (Wildman–Crippen MR) is 106 cm³/mol. The molecule has 0 bridgehead atoms. The summed E-state index contributed by atoms with van der Waals surface area (Å²) in [4.78, 5) is 22.4. The van der Waals surface area contributed by atoms with E-state index < -0.39 is 0 Å². The van der Waals surface area contributed by atoms with Crippen LogP contribution in [0.5, 0.6) is 0 Å². The predicted octanol–water partition coefficient (Wildman–Crippen LogP) is 3.81. The number of aryl methyl sites for hydroxylation is 1. The third-order valence-corrected chi connectivity index (χ3v) is 6.61. The summed E-state index contributed by atoms with van der Waals surface area (Å²) in [7, 11) is 0. The molecule has 2 aliphatic rings. The van der Waals surface area contributed by atoms with Crippen molar-refractivity contribution in [3.05, 3.63) is 22.3 Å². The molecule has 4 rings (SSSR count). The number of rotatable bonds is 4. The number of carbonyl (C=O) groups is 1. The van der Waals surface area contributed by atoms with Crippen LogP contribution in [0.1, 0.15) is 49.1 Å². The number of fused-ring (bicyclic) bond motifs is 2. The molecule has 1 amide bonds. The molecular weight excluding hydrogens is 360 g/mol. The average molecular weight is 382 g/mol. The summed E-state index contributed by atoms with van der Waals surface area (Å²) in [5, 5.41) is 19.9. The van der Waals surface area contributed by atoms with E-state index in [1.165, 1.54) is 11.2 Å². The van der Waals surface area contributed by atoms with Gasteiger partial charge in [0, 0.05) is 4.88 Å². The third kappa shape index (κ3) is 3.12. The topological polar surface area (TPSA) is 103 Å². The van der Waals surface area contributed by atoms with Gasteiger partial charge in [0.1, 0.15) is 29.1 Å². The van der Waals surface area contributed by atoms with Crippen molar-refractivity contribution < 1.29 is 4.79 Å². The molecule has 7 nitrogen and oxygen atoms in total. The maximum atomic E-state index is 12.5. The molecule has 1 aliphatic heterocycles. The number of thiophene rings is 1. The van der Waals surface area contributed by atoms with Crippen LogP contribution in [0.25, 0.3) is 0 Å². The SMILES string of the molecule is CCC(C)C1Nc2ncnc(Nc3sc4c(c3C#N)CCCC4)c2NC1=O. The molecule has 3 heterocycles. The third-order valence-electron chi connectivity index (χ3n) is 5.40. The van der Waals surface area contributed by atoms with Crippen LogP contribution in [0.4, 0.5) is 22.3 Å². The van der Waals surface area contributed by atoms with E-state index in [-0.39, 0.29) is 17.9 Å². The molecule has 2 aromatic rings. The molecule has 2 aromatic heterocycles. The van der Waals surface area contributed by atoms with Gasteiger partial charge in [-0.2, -0.15) is 5.26 Å². The van der Waals surface area contributed by atoms with Crippen LogP contribution in [0.2, 0.25) is 0 Å². The lowest BCUT2D eigenvalue weighted by Crippen LogP contribution is -2.43. The quantitative estimate of drug-likeness (QED) is 0.743. The van der Waals surface area contributed by atoms with E-state index in [1.54, 1.807) is 11.3 Å². The van der Waals surface area contributed by atoms with Gasteiger partial charge in [-0.25, -0.2) is 9.97 Å². The Hall–Kier alpha value is -2.66. The minimum absolute atomic E-state index is 0.0827. The van der Waals surface area contributed by atoms with Crippen molar-refractivity contribution in [2.45, 2.75) is 52.0 Å². The minimum atomic E-state index is -0.311. The Morgan fingerprint density at radius 3 is 3.00 bits per heavy atom. The number of aromatic nitrogens is 2. The van der Waals surface area contributed by atoms with Crippen molar-refractivity contribution in [2.24, 2.45) is 5.92 Å². The zero-order valence-corrected chi connectivity index (χ0v) is 16.2. The lowest BCUT2D eigenvalue weighted by atomic mass is 9.96. The van der Waals surface area contributed by atoms with Gasteiger partial charge in [0.25, 0.3) is 0 Å². The van der Waals surface area contributed by atoms with E-state index in [0.717, 1.165) is 42.7 Å². The maximum Gasteiger partial charge on any atom is 0.247 e. The highest BCUT2D eigenvalue weighted by atomic mass is 32.1. The first kappa shape index (κ1) is 17.7. The Balaban J connectivity index is 1.67. The van der Waals surface area contributed by atoms with Crippen molar-refractivity contribution in [3.63, 3.8) is 0 Å². The van der Waals surface area contributed by atoms with Gasteiger partial charge in [0.05, 0.1) is 5.56 Å². The second-order valence-corrected chi connectivity index (χ2v) is 8.20. The lowest BCUT2D eigenvalue weighted by molar-refractivity contribution is -0.118. The second kappa shape index (κ2) is 7.16. The van der Waals surface area contributed by atoms with Crippen LogP contribution < -0.4 is 16.0 Å². The Bertz CT molecular complexity index is 931. The molecule has 0 aromatic carbocycles. The molecule has 8 heteroatoms. The van der Waals surface area contributed by atoms with Crippen molar-refractivity contribution in [3.8, 4) is 6.07 Å². The standard InChI is InChI=1S/C19H22N6OS/c1-3-10(2)14-18(26)24-15-16(23-14)21-9-22-17(15)25-19-12(8-20)11-6-4-5-7-13(11)27-19/h9-10,14H,3-7H2,1-2H3,(H,24,26)(H2,21,22,23,25).